The van der Waals surface area contributed by atoms with Gasteiger partial charge < -0.3 is 15.1 Å². The number of hydrogen-bond donors (Lipinski definition) is 1. The van der Waals surface area contributed by atoms with Gasteiger partial charge in [0.1, 0.15) is 0 Å². The first kappa shape index (κ1) is 15.8. The van der Waals surface area contributed by atoms with Crippen LogP contribution in [0.2, 0.25) is 0 Å². The number of nitrogens with one attached hydrogen (secondary N) is 1. The molecule has 1 unspecified atom stereocenters. The van der Waals surface area contributed by atoms with Gasteiger partial charge in [-0.15, -0.1) is 0 Å². The van der Waals surface area contributed by atoms with E-state index < -0.39 is 0 Å². The molecule has 1 saturated carbocycles. The standard InChI is InChI=1S/C18H27N5O/c1-22-10-4-14(5-11-22)21-16(24)15-12-23(13-18(15)6-2-7-18)17-19-8-3-9-20-17/h3,8-9,14-15H,2,4-7,10-13H2,1H3,(H,21,24). The molecule has 2 aliphatic heterocycles. The van der Waals surface area contributed by atoms with E-state index in [1.54, 1.807) is 12.4 Å². The zero-order chi connectivity index (χ0) is 16.6. The number of carbonyl (C=O) groups excluding carboxylic acids is 1. The molecule has 0 bridgehead atoms. The number of amides is 1. The van der Waals surface area contributed by atoms with Crippen LogP contribution in [0.1, 0.15) is 32.1 Å². The van der Waals surface area contributed by atoms with Crippen LogP contribution in [0.3, 0.4) is 0 Å². The normalized spacial score (nSPS) is 27.2. The van der Waals surface area contributed by atoms with Crippen molar-refractivity contribution in [2.24, 2.45) is 11.3 Å². The molecule has 1 aromatic rings. The van der Waals surface area contributed by atoms with Gasteiger partial charge >= 0.3 is 0 Å². The summed E-state index contributed by atoms with van der Waals surface area (Å²) in [5, 5.41) is 3.34. The summed E-state index contributed by atoms with van der Waals surface area (Å²) in [6, 6.07) is 2.18. The van der Waals surface area contributed by atoms with Crippen molar-refractivity contribution in [1.82, 2.24) is 20.2 Å². The lowest BCUT2D eigenvalue weighted by Crippen LogP contribution is -2.50. The maximum atomic E-state index is 13.0. The van der Waals surface area contributed by atoms with Gasteiger partial charge in [0.05, 0.1) is 5.92 Å². The summed E-state index contributed by atoms with van der Waals surface area (Å²) >= 11 is 0. The van der Waals surface area contributed by atoms with Crippen molar-refractivity contribution in [3.63, 3.8) is 0 Å². The molecular formula is C18H27N5O. The highest BCUT2D eigenvalue weighted by molar-refractivity contribution is 5.81. The quantitative estimate of drug-likeness (QED) is 0.905. The highest BCUT2D eigenvalue weighted by Gasteiger charge is 2.54. The minimum absolute atomic E-state index is 0.0784. The molecule has 0 aromatic carbocycles. The largest absolute Gasteiger partial charge is 0.353 e. The van der Waals surface area contributed by atoms with Crippen LogP contribution < -0.4 is 10.2 Å². The molecule has 2 saturated heterocycles. The predicted octanol–water partition coefficient (Wildman–Crippen LogP) is 1.29. The van der Waals surface area contributed by atoms with Crippen LogP contribution >= 0.6 is 0 Å². The van der Waals surface area contributed by atoms with Crippen molar-refractivity contribution in [2.45, 2.75) is 38.1 Å². The average Bonchev–Trinajstić information content (AvgIpc) is 2.99. The van der Waals surface area contributed by atoms with Crippen molar-refractivity contribution in [1.29, 1.82) is 0 Å². The zero-order valence-corrected chi connectivity index (χ0v) is 14.4. The fourth-order valence-corrected chi connectivity index (χ4v) is 4.53. The van der Waals surface area contributed by atoms with Crippen molar-refractivity contribution in [2.75, 3.05) is 38.1 Å². The van der Waals surface area contributed by atoms with Crippen LogP contribution in [0.25, 0.3) is 0 Å². The van der Waals surface area contributed by atoms with Crippen LogP contribution in [0.15, 0.2) is 18.5 Å². The molecule has 1 aliphatic carbocycles. The van der Waals surface area contributed by atoms with E-state index in [4.69, 9.17) is 0 Å². The molecule has 1 amide bonds. The molecule has 3 aliphatic rings. The van der Waals surface area contributed by atoms with E-state index >= 15 is 0 Å². The molecule has 130 valence electrons. The number of anilines is 1. The number of aromatic nitrogens is 2. The first-order valence-corrected chi connectivity index (χ1v) is 9.17. The average molecular weight is 329 g/mol. The lowest BCUT2D eigenvalue weighted by atomic mass is 9.62. The second kappa shape index (κ2) is 6.31. The van der Waals surface area contributed by atoms with E-state index in [-0.39, 0.29) is 17.2 Å². The molecule has 3 heterocycles. The molecule has 1 spiro atoms. The Morgan fingerprint density at radius 3 is 2.58 bits per heavy atom. The maximum absolute atomic E-state index is 13.0. The summed E-state index contributed by atoms with van der Waals surface area (Å²) in [6.07, 6.45) is 9.23. The Morgan fingerprint density at radius 1 is 1.25 bits per heavy atom. The van der Waals surface area contributed by atoms with E-state index in [2.05, 4.69) is 32.1 Å². The molecule has 3 fully saturated rings. The molecular weight excluding hydrogens is 302 g/mol. The number of hydrogen-bond acceptors (Lipinski definition) is 5. The smallest absolute Gasteiger partial charge is 0.225 e. The number of carbonyl (C=O) groups is 1. The van der Waals surface area contributed by atoms with Crippen molar-refractivity contribution in [3.8, 4) is 0 Å². The molecule has 6 heteroatoms. The third-order valence-electron chi connectivity index (χ3n) is 6.21. The van der Waals surface area contributed by atoms with E-state index in [1.165, 1.54) is 6.42 Å². The Bertz CT molecular complexity index is 580. The van der Waals surface area contributed by atoms with Gasteiger partial charge in [0.25, 0.3) is 0 Å². The van der Waals surface area contributed by atoms with Crippen LogP contribution in [-0.4, -0.2) is 60.0 Å². The highest BCUT2D eigenvalue weighted by atomic mass is 16.2. The monoisotopic (exact) mass is 329 g/mol. The van der Waals surface area contributed by atoms with Gasteiger partial charge in [0, 0.05) is 36.9 Å². The third kappa shape index (κ3) is 2.88. The maximum Gasteiger partial charge on any atom is 0.225 e. The number of nitrogens with zero attached hydrogens (tertiary/aromatic N) is 4. The topological polar surface area (TPSA) is 61.4 Å². The fourth-order valence-electron chi connectivity index (χ4n) is 4.53. The minimum atomic E-state index is 0.0784. The zero-order valence-electron chi connectivity index (χ0n) is 14.4. The molecule has 0 radical (unpaired) electrons. The molecule has 1 atom stereocenters. The van der Waals surface area contributed by atoms with Crippen LogP contribution in [0.5, 0.6) is 0 Å². The first-order valence-electron chi connectivity index (χ1n) is 9.17. The Hall–Kier alpha value is -1.69. The van der Waals surface area contributed by atoms with E-state index in [1.807, 2.05) is 6.07 Å². The fraction of sp³-hybridized carbons (Fsp3) is 0.722. The lowest BCUT2D eigenvalue weighted by Gasteiger charge is -2.42. The van der Waals surface area contributed by atoms with Gasteiger partial charge in [0.2, 0.25) is 11.9 Å². The summed E-state index contributed by atoms with van der Waals surface area (Å²) < 4.78 is 0. The summed E-state index contributed by atoms with van der Waals surface area (Å²) in [5.41, 5.74) is 0.148. The Balaban J connectivity index is 1.44. The summed E-state index contributed by atoms with van der Waals surface area (Å²) in [6.45, 7) is 3.82. The highest BCUT2D eigenvalue weighted by Crippen LogP contribution is 2.52. The van der Waals surface area contributed by atoms with Crippen LogP contribution in [0.4, 0.5) is 5.95 Å². The van der Waals surface area contributed by atoms with Gasteiger partial charge in [0.15, 0.2) is 0 Å². The Morgan fingerprint density at radius 2 is 1.96 bits per heavy atom. The summed E-state index contributed by atoms with van der Waals surface area (Å²) in [7, 11) is 2.15. The van der Waals surface area contributed by atoms with E-state index in [9.17, 15) is 4.79 Å². The molecule has 24 heavy (non-hydrogen) atoms. The van der Waals surface area contributed by atoms with Crippen LogP contribution in [0, 0.1) is 11.3 Å². The van der Waals surface area contributed by atoms with Crippen molar-refractivity contribution < 1.29 is 4.79 Å². The lowest BCUT2D eigenvalue weighted by molar-refractivity contribution is -0.130. The minimum Gasteiger partial charge on any atom is -0.353 e. The van der Waals surface area contributed by atoms with Gasteiger partial charge in [-0.3, -0.25) is 4.79 Å². The third-order valence-corrected chi connectivity index (χ3v) is 6.21. The molecule has 1 N–H and O–H groups in total. The second-order valence-electron chi connectivity index (χ2n) is 7.78. The van der Waals surface area contributed by atoms with Crippen molar-refractivity contribution in [3.05, 3.63) is 18.5 Å². The van der Waals surface area contributed by atoms with Gasteiger partial charge in [-0.1, -0.05) is 6.42 Å². The number of likely N-dealkylation sites (tertiary alicyclic amines) is 1. The Labute approximate surface area is 143 Å². The first-order chi connectivity index (χ1) is 11.7. The summed E-state index contributed by atoms with van der Waals surface area (Å²) in [4.78, 5) is 26.3. The van der Waals surface area contributed by atoms with E-state index in [0.29, 0.717) is 6.04 Å². The SMILES string of the molecule is CN1CCC(NC(=O)C2CN(c3ncccn3)CC23CCC3)CC1. The van der Waals surface area contributed by atoms with Gasteiger partial charge in [-0.2, -0.15) is 0 Å². The number of rotatable bonds is 3. The second-order valence-corrected chi connectivity index (χ2v) is 7.78. The Kier molecular flexibility index (Phi) is 4.16. The number of piperidine rings is 1. The summed E-state index contributed by atoms with van der Waals surface area (Å²) in [5.74, 6) is 1.09. The van der Waals surface area contributed by atoms with Gasteiger partial charge in [-0.25, -0.2) is 9.97 Å². The molecule has 4 rings (SSSR count). The van der Waals surface area contributed by atoms with Crippen LogP contribution in [-0.2, 0) is 4.79 Å². The van der Waals surface area contributed by atoms with Crippen molar-refractivity contribution >= 4 is 11.9 Å². The van der Waals surface area contributed by atoms with E-state index in [0.717, 1.165) is 57.8 Å². The molecule has 1 aromatic heterocycles. The van der Waals surface area contributed by atoms with Gasteiger partial charge in [-0.05, 0) is 51.9 Å². The molecule has 6 nitrogen and oxygen atoms in total. The predicted molar refractivity (Wildman–Crippen MR) is 92.7 cm³/mol.